The average Bonchev–Trinajstić information content (AvgIpc) is 3.46. The Bertz CT molecular complexity index is 1660. The molecule has 4 heterocycles. The van der Waals surface area contributed by atoms with Crippen molar-refractivity contribution < 1.29 is 9.90 Å². The molecule has 10 heteroatoms. The molecule has 0 spiro atoms. The van der Waals surface area contributed by atoms with Crippen LogP contribution in [0.5, 0.6) is 0 Å². The van der Waals surface area contributed by atoms with Crippen molar-refractivity contribution in [1.82, 2.24) is 24.3 Å². The Balaban J connectivity index is 1.20. The second kappa shape index (κ2) is 12.9. The maximum Gasteiger partial charge on any atom is 0.271 e. The highest BCUT2D eigenvalue weighted by atomic mass is 35.5. The van der Waals surface area contributed by atoms with Crippen molar-refractivity contribution in [3.05, 3.63) is 93.4 Å². The summed E-state index contributed by atoms with van der Waals surface area (Å²) in [6, 6.07) is 15.5. The van der Waals surface area contributed by atoms with E-state index in [2.05, 4.69) is 41.2 Å². The molecular weight excluding hydrogens is 595 g/mol. The monoisotopic (exact) mass is 632 g/mol. The summed E-state index contributed by atoms with van der Waals surface area (Å²) in [5.74, 6) is 0.800. The zero-order valence-corrected chi connectivity index (χ0v) is 26.8. The number of aromatic nitrogens is 3. The van der Waals surface area contributed by atoms with Crippen LogP contribution in [-0.4, -0.2) is 67.6 Å². The molecule has 1 fully saturated rings. The summed E-state index contributed by atoms with van der Waals surface area (Å²) in [4.78, 5) is 27.2. The van der Waals surface area contributed by atoms with Gasteiger partial charge in [0.25, 0.3) is 5.91 Å². The Morgan fingerprint density at radius 2 is 1.84 bits per heavy atom. The number of nitrogens with one attached hydrogen (secondary N) is 1. The van der Waals surface area contributed by atoms with Gasteiger partial charge in [0.1, 0.15) is 5.69 Å². The van der Waals surface area contributed by atoms with Crippen LogP contribution in [0, 0.1) is 6.92 Å². The molecule has 8 nitrogen and oxygen atoms in total. The number of benzene rings is 2. The Morgan fingerprint density at radius 1 is 1.05 bits per heavy atom. The van der Waals surface area contributed by atoms with Crippen molar-refractivity contribution >= 4 is 40.7 Å². The van der Waals surface area contributed by atoms with Crippen molar-refractivity contribution in [1.29, 1.82) is 0 Å². The van der Waals surface area contributed by atoms with Crippen molar-refractivity contribution in [3.8, 4) is 11.3 Å². The summed E-state index contributed by atoms with van der Waals surface area (Å²) < 4.78 is 1.95. The van der Waals surface area contributed by atoms with Crippen LogP contribution in [0.25, 0.3) is 11.3 Å². The van der Waals surface area contributed by atoms with Crippen LogP contribution < -0.4 is 5.32 Å². The largest absolute Gasteiger partial charge is 0.394 e. The van der Waals surface area contributed by atoms with Crippen LogP contribution in [0.4, 0.5) is 11.6 Å². The van der Waals surface area contributed by atoms with Gasteiger partial charge in [-0.1, -0.05) is 41.4 Å². The fraction of sp³-hybridized carbons (Fsp3) is 0.382. The van der Waals surface area contributed by atoms with Crippen LogP contribution in [0.2, 0.25) is 10.0 Å². The van der Waals surface area contributed by atoms with Gasteiger partial charge in [-0.25, -0.2) is 9.97 Å². The van der Waals surface area contributed by atoms with Gasteiger partial charge in [0.05, 0.1) is 29.1 Å². The Labute approximate surface area is 268 Å². The van der Waals surface area contributed by atoms with Crippen LogP contribution in [-0.2, 0) is 6.54 Å². The highest BCUT2D eigenvalue weighted by Crippen LogP contribution is 2.35. The van der Waals surface area contributed by atoms with Gasteiger partial charge in [-0.15, -0.1) is 0 Å². The fourth-order valence-electron chi connectivity index (χ4n) is 6.41. The first kappa shape index (κ1) is 30.6. The number of nitrogens with zero attached hydrogens (tertiary/aromatic N) is 5. The molecule has 2 N–H and O–H groups in total. The molecule has 2 aromatic carbocycles. The Kier molecular flexibility index (Phi) is 8.96. The molecule has 0 radical (unpaired) electrons. The molecule has 0 saturated carbocycles. The van der Waals surface area contributed by atoms with E-state index in [9.17, 15) is 9.90 Å². The first-order valence-corrected chi connectivity index (χ1v) is 16.0. The maximum absolute atomic E-state index is 13.6. The van der Waals surface area contributed by atoms with E-state index in [0.717, 1.165) is 54.0 Å². The van der Waals surface area contributed by atoms with Gasteiger partial charge in [-0.3, -0.25) is 4.79 Å². The molecule has 6 rings (SSSR count). The normalized spacial score (nSPS) is 16.8. The number of aryl methyl sites for hydroxylation is 1. The molecule has 1 atom stereocenters. The summed E-state index contributed by atoms with van der Waals surface area (Å²) in [6.07, 6.45) is 6.01. The number of carbonyl (C=O) groups is 1. The predicted octanol–water partition coefficient (Wildman–Crippen LogP) is 7.08. The number of fused-ring (bicyclic) bond motifs is 1. The summed E-state index contributed by atoms with van der Waals surface area (Å²) in [5.41, 5.74) is 5.84. The SMILES string of the molecule is Cc1cnc(Nc2ccc(C3CCN(C(C)C)CC3)cc2Cl)nc1-c1cc2n(c1)CCN(C(CO)c1cccc(Cl)c1)C2=O. The molecule has 230 valence electrons. The lowest BCUT2D eigenvalue weighted by Crippen LogP contribution is -2.43. The molecule has 0 aliphatic carbocycles. The molecule has 2 aliphatic rings. The number of amides is 1. The number of hydrogen-bond donors (Lipinski definition) is 2. The number of halogens is 2. The zero-order valence-electron chi connectivity index (χ0n) is 25.3. The number of aliphatic hydroxyl groups excluding tert-OH is 1. The fourth-order valence-corrected chi connectivity index (χ4v) is 6.85. The van der Waals surface area contributed by atoms with Crippen molar-refractivity contribution in [2.75, 3.05) is 31.6 Å². The summed E-state index contributed by atoms with van der Waals surface area (Å²) in [7, 11) is 0. The maximum atomic E-state index is 13.6. The molecular formula is C34H38Cl2N6O2. The van der Waals surface area contributed by atoms with Gasteiger partial charge in [0.2, 0.25) is 5.95 Å². The molecule has 2 aromatic heterocycles. The quantitative estimate of drug-likeness (QED) is 0.216. The third-order valence-electron chi connectivity index (χ3n) is 8.96. The Morgan fingerprint density at radius 3 is 2.55 bits per heavy atom. The zero-order chi connectivity index (χ0) is 31.0. The smallest absolute Gasteiger partial charge is 0.271 e. The standard InChI is InChI=1S/C34H38Cl2N6O2/c1-21(2)40-11-9-23(10-12-40)24-7-8-29(28(36)16-24)38-34-37-18-22(3)32(39-34)26-17-30-33(44)42(14-13-41(30)19-26)31(20-43)25-5-4-6-27(35)15-25/h4-8,15-19,21,23,31,43H,9-14,20H2,1-3H3,(H,37,38,39). The lowest BCUT2D eigenvalue weighted by atomic mass is 9.89. The number of anilines is 2. The second-order valence-corrected chi connectivity index (χ2v) is 12.9. The van der Waals surface area contributed by atoms with E-state index >= 15 is 0 Å². The predicted molar refractivity (Wildman–Crippen MR) is 176 cm³/mol. The van der Waals surface area contributed by atoms with Gasteiger partial charge in [0.15, 0.2) is 0 Å². The molecule has 4 aromatic rings. The molecule has 44 heavy (non-hydrogen) atoms. The molecule has 1 unspecified atom stereocenters. The van der Waals surface area contributed by atoms with Gasteiger partial charge >= 0.3 is 0 Å². The number of likely N-dealkylation sites (tertiary alicyclic amines) is 1. The van der Waals surface area contributed by atoms with Crippen molar-refractivity contribution in [3.63, 3.8) is 0 Å². The van der Waals surface area contributed by atoms with E-state index in [1.807, 2.05) is 42.0 Å². The topological polar surface area (TPSA) is 86.5 Å². The first-order chi connectivity index (χ1) is 21.2. The number of rotatable bonds is 8. The van der Waals surface area contributed by atoms with Crippen LogP contribution in [0.1, 0.15) is 65.8 Å². The van der Waals surface area contributed by atoms with Gasteiger partial charge in [-0.05, 0) is 99.6 Å². The van der Waals surface area contributed by atoms with E-state index in [0.29, 0.717) is 46.7 Å². The average molecular weight is 634 g/mol. The minimum atomic E-state index is -0.478. The lowest BCUT2D eigenvalue weighted by molar-refractivity contribution is 0.0526. The number of carbonyl (C=O) groups excluding carboxylic acids is 1. The van der Waals surface area contributed by atoms with Gasteiger partial charge in [-0.2, -0.15) is 0 Å². The van der Waals surface area contributed by atoms with Crippen LogP contribution in [0.3, 0.4) is 0 Å². The third-order valence-corrected chi connectivity index (χ3v) is 9.50. The molecule has 2 aliphatic heterocycles. The van der Waals surface area contributed by atoms with E-state index < -0.39 is 6.04 Å². The highest BCUT2D eigenvalue weighted by Gasteiger charge is 2.32. The number of hydrogen-bond acceptors (Lipinski definition) is 6. The van der Waals surface area contributed by atoms with E-state index in [4.69, 9.17) is 28.2 Å². The molecule has 1 amide bonds. The highest BCUT2D eigenvalue weighted by molar-refractivity contribution is 6.33. The summed E-state index contributed by atoms with van der Waals surface area (Å²) in [5, 5.41) is 14.7. The second-order valence-electron chi connectivity index (χ2n) is 12.1. The van der Waals surface area contributed by atoms with Crippen molar-refractivity contribution in [2.24, 2.45) is 0 Å². The van der Waals surface area contributed by atoms with Crippen molar-refractivity contribution in [2.45, 2.75) is 58.2 Å². The van der Waals surface area contributed by atoms with E-state index in [1.165, 1.54) is 5.56 Å². The Hall–Kier alpha value is -3.43. The van der Waals surface area contributed by atoms with Crippen LogP contribution >= 0.6 is 23.2 Å². The minimum absolute atomic E-state index is 0.145. The first-order valence-electron chi connectivity index (χ1n) is 15.2. The van der Waals surface area contributed by atoms with Gasteiger partial charge < -0.3 is 24.8 Å². The number of piperidine rings is 1. The molecule has 1 saturated heterocycles. The number of aliphatic hydroxyl groups is 1. The summed E-state index contributed by atoms with van der Waals surface area (Å²) >= 11 is 13.0. The summed E-state index contributed by atoms with van der Waals surface area (Å²) in [6.45, 7) is 9.56. The minimum Gasteiger partial charge on any atom is -0.394 e. The van der Waals surface area contributed by atoms with Crippen LogP contribution in [0.15, 0.2) is 60.9 Å². The lowest BCUT2D eigenvalue weighted by Gasteiger charge is -2.34. The van der Waals surface area contributed by atoms with E-state index in [-0.39, 0.29) is 12.5 Å². The molecule has 0 bridgehead atoms. The van der Waals surface area contributed by atoms with E-state index in [1.54, 1.807) is 23.2 Å². The van der Waals surface area contributed by atoms with Gasteiger partial charge in [0, 0.05) is 42.1 Å². The third kappa shape index (κ3) is 6.22.